The fourth-order valence-corrected chi connectivity index (χ4v) is 3.03. The van der Waals surface area contributed by atoms with Crippen LogP contribution in [0.15, 0.2) is 36.0 Å². The highest BCUT2D eigenvalue weighted by Gasteiger charge is 2.07. The van der Waals surface area contributed by atoms with Crippen molar-refractivity contribution in [2.75, 3.05) is 5.32 Å². The van der Waals surface area contributed by atoms with E-state index in [1.54, 1.807) is 23.7 Å². The number of fused-ring (bicyclic) bond motifs is 1. The Hall–Kier alpha value is -2.16. The summed E-state index contributed by atoms with van der Waals surface area (Å²) < 4.78 is 13.0. The van der Waals surface area contributed by atoms with Crippen LogP contribution in [0.25, 0.3) is 10.2 Å². The number of anilines is 1. The summed E-state index contributed by atoms with van der Waals surface area (Å²) in [6.45, 7) is 2.03. The van der Waals surface area contributed by atoms with Gasteiger partial charge in [-0.05, 0) is 36.6 Å². The minimum atomic E-state index is -0.362. The maximum Gasteiger partial charge on any atom is 0.138 e. The second-order valence-electron chi connectivity index (χ2n) is 5.04. The highest BCUT2D eigenvalue weighted by Crippen LogP contribution is 2.24. The standard InChI is InChI=1S/C17H13ClFN3S/c1-11(3-2-4-12-5-6-13(19)9-15(12)18)22-16-14-7-8-23-17(14)21-10-20-16/h5-11H,3H2,1H3,(H,20,21,22). The summed E-state index contributed by atoms with van der Waals surface area (Å²) in [5, 5.41) is 6.67. The van der Waals surface area contributed by atoms with Crippen LogP contribution in [0.5, 0.6) is 0 Å². The zero-order valence-corrected chi connectivity index (χ0v) is 13.9. The SMILES string of the molecule is CC(CC#Cc1ccc(F)cc1Cl)Nc1ncnc2sccc12. The van der Waals surface area contributed by atoms with Gasteiger partial charge >= 0.3 is 0 Å². The number of aromatic nitrogens is 2. The van der Waals surface area contributed by atoms with Crippen molar-refractivity contribution in [1.82, 2.24) is 9.97 Å². The molecule has 2 heterocycles. The highest BCUT2D eigenvalue weighted by molar-refractivity contribution is 7.16. The third kappa shape index (κ3) is 3.79. The molecule has 1 atom stereocenters. The van der Waals surface area contributed by atoms with Gasteiger partial charge in [0.15, 0.2) is 0 Å². The number of rotatable bonds is 3. The Morgan fingerprint density at radius 1 is 1.35 bits per heavy atom. The predicted octanol–water partition coefficient (Wildman–Crippen LogP) is 4.73. The molecular weight excluding hydrogens is 333 g/mol. The molecule has 0 saturated carbocycles. The second kappa shape index (κ2) is 6.95. The molecule has 0 bridgehead atoms. The van der Waals surface area contributed by atoms with Crippen molar-refractivity contribution in [2.45, 2.75) is 19.4 Å². The Morgan fingerprint density at radius 3 is 3.04 bits per heavy atom. The highest BCUT2D eigenvalue weighted by atomic mass is 35.5. The van der Waals surface area contributed by atoms with Gasteiger partial charge in [-0.25, -0.2) is 14.4 Å². The molecule has 1 N–H and O–H groups in total. The Morgan fingerprint density at radius 2 is 2.22 bits per heavy atom. The van der Waals surface area contributed by atoms with Gasteiger partial charge in [-0.2, -0.15) is 0 Å². The number of hydrogen-bond donors (Lipinski definition) is 1. The van der Waals surface area contributed by atoms with Crippen molar-refractivity contribution >= 4 is 39.0 Å². The van der Waals surface area contributed by atoms with Gasteiger partial charge in [0.25, 0.3) is 0 Å². The lowest BCUT2D eigenvalue weighted by Gasteiger charge is -2.11. The van der Waals surface area contributed by atoms with Crippen LogP contribution in [0, 0.1) is 17.7 Å². The first-order valence-corrected chi connectivity index (χ1v) is 8.28. The van der Waals surface area contributed by atoms with E-state index >= 15 is 0 Å². The van der Waals surface area contributed by atoms with Crippen LogP contribution in [0.3, 0.4) is 0 Å². The van der Waals surface area contributed by atoms with Crippen molar-refractivity contribution in [1.29, 1.82) is 0 Å². The smallest absolute Gasteiger partial charge is 0.138 e. The summed E-state index contributed by atoms with van der Waals surface area (Å²) in [6.07, 6.45) is 2.17. The topological polar surface area (TPSA) is 37.8 Å². The van der Waals surface area contributed by atoms with Gasteiger partial charge in [-0.1, -0.05) is 23.4 Å². The van der Waals surface area contributed by atoms with Crippen molar-refractivity contribution in [2.24, 2.45) is 0 Å². The van der Waals surface area contributed by atoms with E-state index in [0.29, 0.717) is 17.0 Å². The Kier molecular flexibility index (Phi) is 4.75. The zero-order valence-electron chi connectivity index (χ0n) is 12.3. The quantitative estimate of drug-likeness (QED) is 0.697. The van der Waals surface area contributed by atoms with Gasteiger partial charge in [0.05, 0.1) is 10.4 Å². The molecule has 1 unspecified atom stereocenters. The maximum absolute atomic E-state index is 13.0. The number of hydrogen-bond acceptors (Lipinski definition) is 4. The average Bonchev–Trinajstić information content (AvgIpc) is 2.99. The first kappa shape index (κ1) is 15.7. The third-order valence-electron chi connectivity index (χ3n) is 3.21. The summed E-state index contributed by atoms with van der Waals surface area (Å²) in [5.41, 5.74) is 0.627. The first-order valence-electron chi connectivity index (χ1n) is 7.02. The fourth-order valence-electron chi connectivity index (χ4n) is 2.08. The van der Waals surface area contributed by atoms with E-state index in [2.05, 4.69) is 27.1 Å². The molecule has 116 valence electrons. The van der Waals surface area contributed by atoms with E-state index in [9.17, 15) is 4.39 Å². The minimum absolute atomic E-state index is 0.111. The van der Waals surface area contributed by atoms with Crippen LogP contribution in [0.1, 0.15) is 18.9 Å². The van der Waals surface area contributed by atoms with Crippen LogP contribution < -0.4 is 5.32 Å². The summed E-state index contributed by atoms with van der Waals surface area (Å²) in [4.78, 5) is 9.46. The Bertz CT molecular complexity index is 897. The lowest BCUT2D eigenvalue weighted by molar-refractivity contribution is 0.628. The zero-order chi connectivity index (χ0) is 16.2. The third-order valence-corrected chi connectivity index (χ3v) is 4.34. The molecule has 3 nitrogen and oxygen atoms in total. The first-order chi connectivity index (χ1) is 11.1. The normalized spacial score (nSPS) is 11.8. The maximum atomic E-state index is 13.0. The van der Waals surface area contributed by atoms with Crippen LogP contribution >= 0.6 is 22.9 Å². The number of nitrogens with one attached hydrogen (secondary N) is 1. The summed E-state index contributed by atoms with van der Waals surface area (Å²) >= 11 is 7.54. The molecule has 6 heteroatoms. The largest absolute Gasteiger partial charge is 0.366 e. The molecule has 0 spiro atoms. The number of halogens is 2. The van der Waals surface area contributed by atoms with Gasteiger partial charge in [-0.3, -0.25) is 0 Å². The summed E-state index contributed by atoms with van der Waals surface area (Å²) in [5.74, 6) is 6.48. The molecule has 3 rings (SSSR count). The monoisotopic (exact) mass is 345 g/mol. The van der Waals surface area contributed by atoms with Crippen molar-refractivity contribution in [3.63, 3.8) is 0 Å². The number of nitrogens with zero attached hydrogens (tertiary/aromatic N) is 2. The molecule has 23 heavy (non-hydrogen) atoms. The second-order valence-corrected chi connectivity index (χ2v) is 6.34. The van der Waals surface area contributed by atoms with Crippen molar-refractivity contribution in [3.05, 3.63) is 52.4 Å². The average molecular weight is 346 g/mol. The Labute approximate surface area is 142 Å². The van der Waals surface area contributed by atoms with Crippen molar-refractivity contribution < 1.29 is 4.39 Å². The van der Waals surface area contributed by atoms with Crippen molar-refractivity contribution in [3.8, 4) is 11.8 Å². The van der Waals surface area contributed by atoms with E-state index in [4.69, 9.17) is 11.6 Å². The van der Waals surface area contributed by atoms with E-state index in [-0.39, 0.29) is 11.9 Å². The molecule has 0 aliphatic carbocycles. The van der Waals surface area contributed by atoms with E-state index < -0.39 is 0 Å². The number of thiophene rings is 1. The lowest BCUT2D eigenvalue weighted by atomic mass is 10.2. The van der Waals surface area contributed by atoms with Gasteiger partial charge in [0.2, 0.25) is 0 Å². The van der Waals surface area contributed by atoms with Crippen LogP contribution in [0.2, 0.25) is 5.02 Å². The predicted molar refractivity (Wildman–Crippen MR) is 93.4 cm³/mol. The molecule has 0 amide bonds. The molecule has 0 aliphatic rings. The molecule has 0 fully saturated rings. The van der Waals surface area contributed by atoms with E-state index in [1.807, 2.05) is 18.4 Å². The van der Waals surface area contributed by atoms with Gasteiger partial charge in [0.1, 0.15) is 22.8 Å². The van der Waals surface area contributed by atoms with Crippen LogP contribution in [-0.2, 0) is 0 Å². The summed E-state index contributed by atoms with van der Waals surface area (Å²) in [6, 6.07) is 6.31. The van der Waals surface area contributed by atoms with E-state index in [1.165, 1.54) is 12.1 Å². The molecule has 0 aliphatic heterocycles. The van der Waals surface area contributed by atoms with Gasteiger partial charge in [0, 0.05) is 18.0 Å². The molecule has 0 radical (unpaired) electrons. The molecular formula is C17H13ClFN3S. The fraction of sp³-hybridized carbons (Fsp3) is 0.176. The van der Waals surface area contributed by atoms with E-state index in [0.717, 1.165) is 16.0 Å². The minimum Gasteiger partial charge on any atom is -0.366 e. The Balaban J connectivity index is 1.67. The molecule has 3 aromatic rings. The lowest BCUT2D eigenvalue weighted by Crippen LogP contribution is -2.15. The van der Waals surface area contributed by atoms with Crippen LogP contribution in [0.4, 0.5) is 10.2 Å². The molecule has 2 aromatic heterocycles. The molecule has 0 saturated heterocycles. The van der Waals surface area contributed by atoms with Gasteiger partial charge < -0.3 is 5.32 Å². The van der Waals surface area contributed by atoms with Crippen LogP contribution in [-0.4, -0.2) is 16.0 Å². The summed E-state index contributed by atoms with van der Waals surface area (Å²) in [7, 11) is 0. The number of benzene rings is 1. The van der Waals surface area contributed by atoms with Gasteiger partial charge in [-0.15, -0.1) is 11.3 Å². The molecule has 1 aromatic carbocycles.